The molecular formula is C18H28N4O3. The summed E-state index contributed by atoms with van der Waals surface area (Å²) in [7, 11) is 3.51. The average Bonchev–Trinajstić information content (AvgIpc) is 2.99. The molecule has 0 radical (unpaired) electrons. The lowest BCUT2D eigenvalue weighted by molar-refractivity contribution is -0.131. The molecule has 0 N–H and O–H groups in total. The fourth-order valence-electron chi connectivity index (χ4n) is 3.99. The summed E-state index contributed by atoms with van der Waals surface area (Å²) in [6.07, 6.45) is 7.95. The number of rotatable bonds is 4. The first-order chi connectivity index (χ1) is 12.0. The van der Waals surface area contributed by atoms with Crippen molar-refractivity contribution in [1.29, 1.82) is 0 Å². The van der Waals surface area contributed by atoms with Crippen molar-refractivity contribution in [2.45, 2.75) is 32.1 Å². The highest BCUT2D eigenvalue weighted by Crippen LogP contribution is 2.41. The topological polar surface area (TPSA) is 67.7 Å². The maximum absolute atomic E-state index is 12.6. The Balaban J connectivity index is 1.58. The van der Waals surface area contributed by atoms with Crippen LogP contribution in [0.1, 0.15) is 42.7 Å². The number of aromatic nitrogens is 2. The van der Waals surface area contributed by atoms with Crippen LogP contribution in [0.4, 0.5) is 0 Å². The van der Waals surface area contributed by atoms with Crippen molar-refractivity contribution in [2.24, 2.45) is 12.5 Å². The minimum Gasteiger partial charge on any atom is -0.383 e. The van der Waals surface area contributed by atoms with Gasteiger partial charge in [0.05, 0.1) is 6.61 Å². The number of amides is 2. The molecule has 0 aromatic carbocycles. The van der Waals surface area contributed by atoms with Gasteiger partial charge in [-0.3, -0.25) is 9.59 Å². The van der Waals surface area contributed by atoms with Crippen LogP contribution in [0.25, 0.3) is 0 Å². The van der Waals surface area contributed by atoms with Gasteiger partial charge in [0.15, 0.2) is 5.82 Å². The van der Waals surface area contributed by atoms with Gasteiger partial charge in [-0.25, -0.2) is 4.98 Å². The first kappa shape index (κ1) is 17.9. The van der Waals surface area contributed by atoms with E-state index in [9.17, 15) is 9.59 Å². The normalized spacial score (nSPS) is 20.8. The molecule has 25 heavy (non-hydrogen) atoms. The van der Waals surface area contributed by atoms with E-state index in [1.54, 1.807) is 24.1 Å². The molecule has 2 fully saturated rings. The van der Waals surface area contributed by atoms with Crippen LogP contribution in [0.2, 0.25) is 0 Å². The van der Waals surface area contributed by atoms with Gasteiger partial charge in [-0.05, 0) is 31.1 Å². The van der Waals surface area contributed by atoms with Crippen LogP contribution in [0.5, 0.6) is 0 Å². The van der Waals surface area contributed by atoms with Crippen LogP contribution >= 0.6 is 0 Å². The van der Waals surface area contributed by atoms with Crippen molar-refractivity contribution < 1.29 is 14.3 Å². The Kier molecular flexibility index (Phi) is 5.42. The lowest BCUT2D eigenvalue weighted by Gasteiger charge is -2.41. The SMILES string of the molecule is COCCN1CCC2(CCC1=O)CCN(C(=O)c1nccn1C)CC2. The predicted molar refractivity (Wildman–Crippen MR) is 93.1 cm³/mol. The van der Waals surface area contributed by atoms with Crippen LogP contribution in [0.3, 0.4) is 0 Å². The van der Waals surface area contributed by atoms with Crippen LogP contribution in [-0.4, -0.2) is 71.1 Å². The van der Waals surface area contributed by atoms with Gasteiger partial charge in [-0.1, -0.05) is 0 Å². The molecule has 3 heterocycles. The number of piperidine rings is 1. The summed E-state index contributed by atoms with van der Waals surface area (Å²) in [4.78, 5) is 32.9. The highest BCUT2D eigenvalue weighted by Gasteiger charge is 2.39. The molecule has 0 atom stereocenters. The van der Waals surface area contributed by atoms with Gasteiger partial charge in [0.1, 0.15) is 0 Å². The van der Waals surface area contributed by atoms with E-state index in [-0.39, 0.29) is 17.2 Å². The number of carbonyl (C=O) groups excluding carboxylic acids is 2. The van der Waals surface area contributed by atoms with E-state index >= 15 is 0 Å². The fraction of sp³-hybridized carbons (Fsp3) is 0.722. The third-order valence-corrected chi connectivity index (χ3v) is 5.82. The van der Waals surface area contributed by atoms with Crippen LogP contribution in [-0.2, 0) is 16.6 Å². The van der Waals surface area contributed by atoms with Crippen molar-refractivity contribution in [1.82, 2.24) is 19.4 Å². The number of carbonyl (C=O) groups is 2. The quantitative estimate of drug-likeness (QED) is 0.823. The maximum atomic E-state index is 12.6. The molecule has 7 heteroatoms. The van der Waals surface area contributed by atoms with Crippen LogP contribution in [0.15, 0.2) is 12.4 Å². The number of imidazole rings is 1. The molecule has 0 unspecified atom stereocenters. The number of likely N-dealkylation sites (tertiary alicyclic amines) is 2. The number of hydrogen-bond acceptors (Lipinski definition) is 4. The van der Waals surface area contributed by atoms with Crippen molar-refractivity contribution in [3.8, 4) is 0 Å². The number of ether oxygens (including phenoxy) is 1. The van der Waals surface area contributed by atoms with Gasteiger partial charge in [0.25, 0.3) is 5.91 Å². The lowest BCUT2D eigenvalue weighted by Crippen LogP contribution is -2.44. The van der Waals surface area contributed by atoms with Crippen LogP contribution in [0, 0.1) is 5.41 Å². The largest absolute Gasteiger partial charge is 0.383 e. The standard InChI is InChI=1S/C18H28N4O3/c1-20-12-8-19-16(20)17(24)22-10-6-18(7-11-22)4-3-15(23)21(9-5-18)13-14-25-2/h8,12H,3-7,9-11,13-14H2,1-2H3. The maximum Gasteiger partial charge on any atom is 0.289 e. The number of aryl methyl sites for hydroxylation is 1. The molecule has 2 aliphatic rings. The Bertz CT molecular complexity index is 620. The van der Waals surface area contributed by atoms with Gasteiger partial charge in [-0.15, -0.1) is 0 Å². The molecule has 2 aliphatic heterocycles. The third kappa shape index (κ3) is 3.86. The summed E-state index contributed by atoms with van der Waals surface area (Å²) in [6.45, 7) is 3.56. The summed E-state index contributed by atoms with van der Waals surface area (Å²) >= 11 is 0. The predicted octanol–water partition coefficient (Wildman–Crippen LogP) is 1.30. The highest BCUT2D eigenvalue weighted by molar-refractivity contribution is 5.90. The first-order valence-electron chi connectivity index (χ1n) is 9.08. The van der Waals surface area contributed by atoms with Gasteiger partial charge in [-0.2, -0.15) is 0 Å². The molecule has 2 amide bonds. The van der Waals surface area contributed by atoms with Crippen LogP contribution < -0.4 is 0 Å². The Labute approximate surface area is 148 Å². The van der Waals surface area contributed by atoms with E-state index in [0.717, 1.165) is 45.3 Å². The second kappa shape index (κ2) is 7.56. The van der Waals surface area contributed by atoms with E-state index in [1.165, 1.54) is 0 Å². The average molecular weight is 348 g/mol. The molecule has 2 saturated heterocycles. The van der Waals surface area contributed by atoms with Crippen molar-refractivity contribution in [3.05, 3.63) is 18.2 Å². The van der Waals surface area contributed by atoms with Crippen molar-refractivity contribution in [3.63, 3.8) is 0 Å². The molecule has 138 valence electrons. The monoisotopic (exact) mass is 348 g/mol. The summed E-state index contributed by atoms with van der Waals surface area (Å²) in [6, 6.07) is 0. The van der Waals surface area contributed by atoms with Gasteiger partial charge >= 0.3 is 0 Å². The van der Waals surface area contributed by atoms with E-state index < -0.39 is 0 Å². The van der Waals surface area contributed by atoms with Gasteiger partial charge in [0, 0.05) is 59.2 Å². The number of nitrogens with zero attached hydrogens (tertiary/aromatic N) is 4. The fourth-order valence-corrected chi connectivity index (χ4v) is 3.99. The third-order valence-electron chi connectivity index (χ3n) is 5.82. The van der Waals surface area contributed by atoms with E-state index in [4.69, 9.17) is 4.74 Å². The van der Waals surface area contributed by atoms with Crippen molar-refractivity contribution >= 4 is 11.8 Å². The second-order valence-electron chi connectivity index (χ2n) is 7.28. The molecule has 0 aliphatic carbocycles. The smallest absolute Gasteiger partial charge is 0.289 e. The minimum absolute atomic E-state index is 0.00812. The molecule has 0 bridgehead atoms. The molecule has 3 rings (SSSR count). The molecule has 1 spiro atoms. The summed E-state index contributed by atoms with van der Waals surface area (Å²) < 4.78 is 6.88. The molecular weight excluding hydrogens is 320 g/mol. The minimum atomic E-state index is 0.00812. The Morgan fingerprint density at radius 3 is 2.60 bits per heavy atom. The summed E-state index contributed by atoms with van der Waals surface area (Å²) in [5.74, 6) is 0.743. The highest BCUT2D eigenvalue weighted by atomic mass is 16.5. The first-order valence-corrected chi connectivity index (χ1v) is 9.08. The van der Waals surface area contributed by atoms with Gasteiger partial charge in [0.2, 0.25) is 5.91 Å². The Hall–Kier alpha value is -1.89. The second-order valence-corrected chi connectivity index (χ2v) is 7.28. The molecule has 1 aromatic heterocycles. The molecule has 7 nitrogen and oxygen atoms in total. The zero-order valence-corrected chi connectivity index (χ0v) is 15.2. The van der Waals surface area contributed by atoms with E-state index in [1.807, 2.05) is 16.8 Å². The Morgan fingerprint density at radius 2 is 1.96 bits per heavy atom. The zero-order valence-electron chi connectivity index (χ0n) is 15.2. The number of hydrogen-bond donors (Lipinski definition) is 0. The van der Waals surface area contributed by atoms with E-state index in [0.29, 0.717) is 25.4 Å². The lowest BCUT2D eigenvalue weighted by atomic mass is 9.73. The molecule has 1 aromatic rings. The summed E-state index contributed by atoms with van der Waals surface area (Å²) in [5.41, 5.74) is 0.190. The van der Waals surface area contributed by atoms with E-state index in [2.05, 4.69) is 4.98 Å². The zero-order chi connectivity index (χ0) is 17.9. The number of methoxy groups -OCH3 is 1. The summed E-state index contributed by atoms with van der Waals surface area (Å²) in [5, 5.41) is 0. The van der Waals surface area contributed by atoms with Crippen molar-refractivity contribution in [2.75, 3.05) is 39.9 Å². The van der Waals surface area contributed by atoms with Gasteiger partial charge < -0.3 is 19.1 Å². The Morgan fingerprint density at radius 1 is 1.24 bits per heavy atom. The molecule has 0 saturated carbocycles.